The lowest BCUT2D eigenvalue weighted by atomic mass is 10.1. The molecule has 0 saturated heterocycles. The van der Waals surface area contributed by atoms with Gasteiger partial charge in [0.05, 0.1) is 19.3 Å². The third-order valence-corrected chi connectivity index (χ3v) is 8.16. The van der Waals surface area contributed by atoms with Crippen LogP contribution in [-0.4, -0.2) is 26.8 Å². The summed E-state index contributed by atoms with van der Waals surface area (Å²) in [5, 5.41) is 13.4. The van der Waals surface area contributed by atoms with Gasteiger partial charge in [0.15, 0.2) is 17.3 Å². The molecule has 3 aromatic carbocycles. The molecule has 10 heteroatoms. The zero-order chi connectivity index (χ0) is 32.4. The van der Waals surface area contributed by atoms with Crippen LogP contribution in [0.5, 0.6) is 17.4 Å². The van der Waals surface area contributed by atoms with E-state index in [1.165, 1.54) is 15.9 Å². The van der Waals surface area contributed by atoms with Crippen LogP contribution in [0.2, 0.25) is 0 Å². The topological polar surface area (TPSA) is 113 Å². The molecule has 0 unspecified atom stereocenters. The molecule has 0 atom stereocenters. The number of ether oxygens (including phenoxy) is 2. The number of aryl methyl sites for hydroxylation is 2. The van der Waals surface area contributed by atoms with Gasteiger partial charge in [0.2, 0.25) is 11.8 Å². The normalized spacial score (nSPS) is 11.5. The second-order valence-electron chi connectivity index (χ2n) is 10.7. The first-order valence-electron chi connectivity index (χ1n) is 15.1. The van der Waals surface area contributed by atoms with Crippen molar-refractivity contribution in [2.75, 3.05) is 7.11 Å². The maximum atomic E-state index is 12.5. The van der Waals surface area contributed by atoms with Crippen LogP contribution in [0.1, 0.15) is 51.2 Å². The number of methoxy groups -OCH3 is 1. The van der Waals surface area contributed by atoms with E-state index in [9.17, 15) is 9.90 Å². The lowest BCUT2D eigenvalue weighted by Gasteiger charge is -2.11. The number of aromatic hydroxyl groups is 1. The molecule has 47 heavy (non-hydrogen) atoms. The van der Waals surface area contributed by atoms with Gasteiger partial charge in [0.25, 0.3) is 0 Å². The quantitative estimate of drug-likeness (QED) is 0.128. The van der Waals surface area contributed by atoms with Crippen LogP contribution in [0.4, 0.5) is 0 Å². The first kappa shape index (κ1) is 31.4. The van der Waals surface area contributed by atoms with Gasteiger partial charge in [-0.05, 0) is 53.8 Å². The predicted molar refractivity (Wildman–Crippen MR) is 182 cm³/mol. The van der Waals surface area contributed by atoms with Gasteiger partial charge in [0.1, 0.15) is 23.6 Å². The fourth-order valence-corrected chi connectivity index (χ4v) is 5.60. The summed E-state index contributed by atoms with van der Waals surface area (Å²) in [6.45, 7) is 0.350. The standard InChI is InChI=1S/C37H33N3O6S/c1-43-33-21-28(15-18-31(33)44-23-30-24-45-34(38-30)19-16-26-9-4-2-5-10-26)13-8-14-32-36(41)40(37(42)46-32)22-29-25-47-35(39-29)20-17-27-11-6-3-7-12-27/h2-7,9-12,15-21,24-25,41H,8,13-14,22-23H2,1H3. The highest BCUT2D eigenvalue weighted by molar-refractivity contribution is 7.10. The van der Waals surface area contributed by atoms with Crippen molar-refractivity contribution in [1.82, 2.24) is 14.5 Å². The molecule has 0 bridgehead atoms. The zero-order valence-electron chi connectivity index (χ0n) is 25.7. The first-order valence-corrected chi connectivity index (χ1v) is 16.0. The van der Waals surface area contributed by atoms with Crippen LogP contribution in [0.25, 0.3) is 24.3 Å². The van der Waals surface area contributed by atoms with Crippen molar-refractivity contribution in [2.24, 2.45) is 0 Å². The molecular weight excluding hydrogens is 614 g/mol. The second kappa shape index (κ2) is 15.1. The fourth-order valence-electron chi connectivity index (χ4n) is 4.90. The average Bonchev–Trinajstić information content (AvgIpc) is 3.83. The monoisotopic (exact) mass is 647 g/mol. The molecule has 9 nitrogen and oxygen atoms in total. The Bertz CT molecular complexity index is 2020. The third-order valence-electron chi connectivity index (χ3n) is 7.30. The highest BCUT2D eigenvalue weighted by Gasteiger charge is 2.17. The summed E-state index contributed by atoms with van der Waals surface area (Å²) in [6.07, 6.45) is 11.0. The van der Waals surface area contributed by atoms with E-state index in [1.807, 2.05) is 109 Å². The van der Waals surface area contributed by atoms with E-state index in [0.717, 1.165) is 21.7 Å². The van der Waals surface area contributed by atoms with E-state index in [4.69, 9.17) is 18.3 Å². The molecule has 0 aliphatic heterocycles. The van der Waals surface area contributed by atoms with Crippen molar-refractivity contribution in [1.29, 1.82) is 0 Å². The van der Waals surface area contributed by atoms with Crippen molar-refractivity contribution < 1.29 is 23.4 Å². The molecule has 6 rings (SSSR count). The largest absolute Gasteiger partial charge is 0.493 e. The molecule has 3 heterocycles. The number of thiazole rings is 1. The summed E-state index contributed by atoms with van der Waals surface area (Å²) < 4.78 is 23.7. The minimum Gasteiger partial charge on any atom is -0.493 e. The highest BCUT2D eigenvalue weighted by atomic mass is 32.1. The van der Waals surface area contributed by atoms with Crippen LogP contribution in [0.3, 0.4) is 0 Å². The van der Waals surface area contributed by atoms with Gasteiger partial charge in [0, 0.05) is 17.9 Å². The maximum absolute atomic E-state index is 12.5. The Morgan fingerprint density at radius 2 is 1.62 bits per heavy atom. The van der Waals surface area contributed by atoms with Gasteiger partial charge >= 0.3 is 5.76 Å². The Kier molecular flexibility index (Phi) is 10.1. The van der Waals surface area contributed by atoms with E-state index >= 15 is 0 Å². The summed E-state index contributed by atoms with van der Waals surface area (Å²) in [4.78, 5) is 21.6. The molecule has 0 aliphatic rings. The summed E-state index contributed by atoms with van der Waals surface area (Å²) in [7, 11) is 1.59. The van der Waals surface area contributed by atoms with E-state index in [-0.39, 0.29) is 24.8 Å². The van der Waals surface area contributed by atoms with E-state index in [0.29, 0.717) is 48.0 Å². The molecule has 3 aromatic heterocycles. The minimum absolute atomic E-state index is 0.128. The minimum atomic E-state index is -0.610. The van der Waals surface area contributed by atoms with Crippen LogP contribution in [0.15, 0.2) is 104 Å². The Morgan fingerprint density at radius 1 is 0.872 bits per heavy atom. The molecule has 0 saturated carbocycles. The van der Waals surface area contributed by atoms with Gasteiger partial charge in [-0.2, -0.15) is 0 Å². The number of nitrogens with zero attached hydrogens (tertiary/aromatic N) is 3. The summed E-state index contributed by atoms with van der Waals surface area (Å²) >= 11 is 1.47. The number of rotatable bonds is 14. The second-order valence-corrected chi connectivity index (χ2v) is 11.6. The molecule has 0 aliphatic carbocycles. The smallest absolute Gasteiger partial charge is 0.422 e. The highest BCUT2D eigenvalue weighted by Crippen LogP contribution is 2.30. The van der Waals surface area contributed by atoms with Gasteiger partial charge in [-0.1, -0.05) is 72.8 Å². The Balaban J connectivity index is 1.01. The molecule has 0 amide bonds. The molecule has 1 N–H and O–H groups in total. The predicted octanol–water partition coefficient (Wildman–Crippen LogP) is 7.74. The van der Waals surface area contributed by atoms with Gasteiger partial charge in [-0.3, -0.25) is 0 Å². The Labute approximate surface area is 275 Å². The number of oxazole rings is 2. The van der Waals surface area contributed by atoms with Gasteiger partial charge < -0.3 is 23.4 Å². The van der Waals surface area contributed by atoms with Gasteiger partial charge in [-0.25, -0.2) is 19.3 Å². The van der Waals surface area contributed by atoms with Crippen molar-refractivity contribution in [3.05, 3.63) is 146 Å². The van der Waals surface area contributed by atoms with Crippen LogP contribution >= 0.6 is 11.3 Å². The SMILES string of the molecule is COc1cc(CCCc2oc(=O)n(Cc3csc(C=Cc4ccccc4)n3)c2O)ccc1OCc1coc(C=Cc2ccccc2)n1. The van der Waals surface area contributed by atoms with Crippen molar-refractivity contribution >= 4 is 35.6 Å². The Morgan fingerprint density at radius 3 is 2.36 bits per heavy atom. The number of benzene rings is 3. The average molecular weight is 648 g/mol. The third kappa shape index (κ3) is 8.36. The first-order chi connectivity index (χ1) is 23.0. The van der Waals surface area contributed by atoms with Crippen LogP contribution in [-0.2, 0) is 26.0 Å². The molecule has 0 spiro atoms. The fraction of sp³-hybridized carbons (Fsp3) is 0.162. The zero-order valence-corrected chi connectivity index (χ0v) is 26.6. The van der Waals surface area contributed by atoms with E-state index in [2.05, 4.69) is 9.97 Å². The lowest BCUT2D eigenvalue weighted by Crippen LogP contribution is -2.14. The summed E-state index contributed by atoms with van der Waals surface area (Å²) in [6, 6.07) is 25.6. The molecule has 0 radical (unpaired) electrons. The maximum Gasteiger partial charge on any atom is 0.422 e. The number of aromatic nitrogens is 3. The van der Waals surface area contributed by atoms with Crippen LogP contribution < -0.4 is 15.2 Å². The molecule has 6 aromatic rings. The molecular formula is C37H33N3O6S. The van der Waals surface area contributed by atoms with E-state index < -0.39 is 5.76 Å². The Hall–Kier alpha value is -5.61. The van der Waals surface area contributed by atoms with Crippen molar-refractivity contribution in [2.45, 2.75) is 32.4 Å². The van der Waals surface area contributed by atoms with E-state index in [1.54, 1.807) is 13.4 Å². The summed E-state index contributed by atoms with van der Waals surface area (Å²) in [5.41, 5.74) is 4.48. The van der Waals surface area contributed by atoms with Crippen LogP contribution in [0, 0.1) is 0 Å². The molecule has 238 valence electrons. The number of hydrogen-bond acceptors (Lipinski definition) is 9. The van der Waals surface area contributed by atoms with Crippen molar-refractivity contribution in [3.8, 4) is 17.4 Å². The van der Waals surface area contributed by atoms with Crippen molar-refractivity contribution in [3.63, 3.8) is 0 Å². The number of hydrogen-bond donors (Lipinski definition) is 1. The van der Waals surface area contributed by atoms with Gasteiger partial charge in [-0.15, -0.1) is 11.3 Å². The molecule has 0 fully saturated rings. The summed E-state index contributed by atoms with van der Waals surface area (Å²) in [5.74, 6) is 1.15. The lowest BCUT2D eigenvalue weighted by molar-refractivity contribution is 0.280.